The second-order valence-electron chi connectivity index (χ2n) is 5.61. The average Bonchev–Trinajstić information content (AvgIpc) is 2.34. The molecule has 0 saturated carbocycles. The molecule has 1 rings (SSSR count). The van der Waals surface area contributed by atoms with E-state index in [0.29, 0.717) is 24.7 Å². The number of carbonyl (C=O) groups excluding carboxylic acids is 1. The molecule has 0 aliphatic rings. The highest BCUT2D eigenvalue weighted by atomic mass is 35.5. The summed E-state index contributed by atoms with van der Waals surface area (Å²) in [6.45, 7) is 8.91. The van der Waals surface area contributed by atoms with E-state index in [1.54, 1.807) is 11.0 Å². The van der Waals surface area contributed by atoms with Crippen molar-refractivity contribution in [2.75, 3.05) is 6.54 Å². The lowest BCUT2D eigenvalue weighted by molar-refractivity contribution is 0.0244. The van der Waals surface area contributed by atoms with Crippen molar-refractivity contribution in [2.45, 2.75) is 46.4 Å². The fraction of sp³-hybridized carbons (Fsp3) is 0.533. The zero-order valence-electron chi connectivity index (χ0n) is 12.6. The van der Waals surface area contributed by atoms with Gasteiger partial charge in [-0.05, 0) is 51.0 Å². The van der Waals surface area contributed by atoms with Crippen LogP contribution in [0.5, 0.6) is 0 Å². The van der Waals surface area contributed by atoms with Crippen LogP contribution in [0.15, 0.2) is 18.2 Å². The van der Waals surface area contributed by atoms with Crippen LogP contribution in [0.1, 0.15) is 38.8 Å². The molecule has 4 nitrogen and oxygen atoms in total. The Morgan fingerprint density at radius 3 is 2.50 bits per heavy atom. The highest BCUT2D eigenvalue weighted by Gasteiger charge is 2.21. The van der Waals surface area contributed by atoms with Crippen molar-refractivity contribution >= 4 is 17.7 Å². The van der Waals surface area contributed by atoms with Crippen LogP contribution in [-0.4, -0.2) is 23.1 Å². The van der Waals surface area contributed by atoms with Gasteiger partial charge in [-0.3, -0.25) is 0 Å². The molecule has 112 valence electrons. The first kappa shape index (κ1) is 16.8. The molecule has 0 heterocycles. The molecule has 0 radical (unpaired) electrons. The number of nitrogens with two attached hydrogens (primary N) is 1. The molecular formula is C15H23ClN2O2. The van der Waals surface area contributed by atoms with Crippen molar-refractivity contribution in [3.8, 4) is 0 Å². The highest BCUT2D eigenvalue weighted by molar-refractivity contribution is 6.30. The molecule has 0 spiro atoms. The molecule has 0 aliphatic carbocycles. The summed E-state index contributed by atoms with van der Waals surface area (Å²) in [7, 11) is 0. The smallest absolute Gasteiger partial charge is 0.410 e. The van der Waals surface area contributed by atoms with E-state index >= 15 is 0 Å². The minimum Gasteiger partial charge on any atom is -0.444 e. The van der Waals surface area contributed by atoms with Gasteiger partial charge in [-0.1, -0.05) is 17.7 Å². The first-order valence-electron chi connectivity index (χ1n) is 6.72. The summed E-state index contributed by atoms with van der Waals surface area (Å²) in [6, 6.07) is 5.54. The van der Waals surface area contributed by atoms with E-state index in [4.69, 9.17) is 22.1 Å². The van der Waals surface area contributed by atoms with Crippen LogP contribution in [0.4, 0.5) is 4.79 Å². The van der Waals surface area contributed by atoms with Gasteiger partial charge >= 0.3 is 6.09 Å². The highest BCUT2D eigenvalue weighted by Crippen LogP contribution is 2.19. The molecule has 1 amide bonds. The second kappa shape index (κ2) is 6.95. The van der Waals surface area contributed by atoms with Crippen molar-refractivity contribution in [3.63, 3.8) is 0 Å². The molecule has 0 fully saturated rings. The molecule has 0 saturated heterocycles. The Bertz CT molecular complexity index is 469. The van der Waals surface area contributed by atoms with E-state index < -0.39 is 5.60 Å². The number of ether oxygens (including phenoxy) is 1. The maximum absolute atomic E-state index is 12.1. The third-order valence-electron chi connectivity index (χ3n) is 2.78. The number of carbonyl (C=O) groups is 1. The molecule has 0 atom stereocenters. The molecule has 0 aliphatic heterocycles. The Hall–Kier alpha value is -1.26. The summed E-state index contributed by atoms with van der Waals surface area (Å²) in [5.74, 6) is 0. The van der Waals surface area contributed by atoms with E-state index in [2.05, 4.69) is 0 Å². The van der Waals surface area contributed by atoms with E-state index in [9.17, 15) is 4.79 Å². The summed E-state index contributed by atoms with van der Waals surface area (Å²) in [5.41, 5.74) is 7.16. The van der Waals surface area contributed by atoms with Crippen LogP contribution in [0, 0.1) is 0 Å². The summed E-state index contributed by atoms with van der Waals surface area (Å²) in [4.78, 5) is 13.8. The van der Waals surface area contributed by atoms with Gasteiger partial charge < -0.3 is 15.4 Å². The van der Waals surface area contributed by atoms with Gasteiger partial charge in [-0.2, -0.15) is 0 Å². The van der Waals surface area contributed by atoms with E-state index in [0.717, 1.165) is 11.1 Å². The van der Waals surface area contributed by atoms with Crippen LogP contribution >= 0.6 is 11.6 Å². The lowest BCUT2D eigenvalue weighted by atomic mass is 10.1. The predicted molar refractivity (Wildman–Crippen MR) is 81.7 cm³/mol. The van der Waals surface area contributed by atoms with Gasteiger partial charge in [-0.15, -0.1) is 0 Å². The number of halogens is 1. The predicted octanol–water partition coefficient (Wildman–Crippen LogP) is 3.56. The quantitative estimate of drug-likeness (QED) is 0.925. The molecule has 1 aromatic carbocycles. The lowest BCUT2D eigenvalue weighted by Crippen LogP contribution is -2.36. The third kappa shape index (κ3) is 5.02. The van der Waals surface area contributed by atoms with Crippen molar-refractivity contribution in [1.82, 2.24) is 4.90 Å². The Kier molecular flexibility index (Phi) is 5.84. The molecule has 1 aromatic rings. The minimum atomic E-state index is -0.499. The van der Waals surface area contributed by atoms with Gasteiger partial charge in [-0.25, -0.2) is 4.79 Å². The van der Waals surface area contributed by atoms with Crippen LogP contribution in [0.25, 0.3) is 0 Å². The topological polar surface area (TPSA) is 55.6 Å². The molecule has 2 N–H and O–H groups in total. The average molecular weight is 299 g/mol. The maximum atomic E-state index is 12.1. The fourth-order valence-corrected chi connectivity index (χ4v) is 1.97. The number of amides is 1. The molecule has 5 heteroatoms. The van der Waals surface area contributed by atoms with Gasteiger partial charge in [0, 0.05) is 24.7 Å². The Morgan fingerprint density at radius 1 is 1.35 bits per heavy atom. The lowest BCUT2D eigenvalue weighted by Gasteiger charge is -2.27. The van der Waals surface area contributed by atoms with Gasteiger partial charge in [0.15, 0.2) is 0 Å². The third-order valence-corrected chi connectivity index (χ3v) is 3.02. The Balaban J connectivity index is 2.86. The van der Waals surface area contributed by atoms with E-state index in [-0.39, 0.29) is 6.09 Å². The maximum Gasteiger partial charge on any atom is 0.410 e. The van der Waals surface area contributed by atoms with Gasteiger partial charge in [0.25, 0.3) is 0 Å². The molecule has 0 aromatic heterocycles. The number of rotatable bonds is 4. The van der Waals surface area contributed by atoms with Gasteiger partial charge in [0.1, 0.15) is 5.60 Å². The minimum absolute atomic E-state index is 0.321. The van der Waals surface area contributed by atoms with Crippen molar-refractivity contribution in [3.05, 3.63) is 34.3 Å². The Morgan fingerprint density at radius 2 is 2.00 bits per heavy atom. The van der Waals surface area contributed by atoms with Gasteiger partial charge in [0.2, 0.25) is 0 Å². The SMILES string of the molecule is CCN(Cc1ccc(Cl)cc1CN)C(=O)OC(C)(C)C. The first-order chi connectivity index (χ1) is 9.26. The fourth-order valence-electron chi connectivity index (χ4n) is 1.78. The number of nitrogens with zero attached hydrogens (tertiary/aromatic N) is 1. The summed E-state index contributed by atoms with van der Waals surface area (Å²) < 4.78 is 5.39. The molecular weight excluding hydrogens is 276 g/mol. The largest absolute Gasteiger partial charge is 0.444 e. The van der Waals surface area contributed by atoms with E-state index in [1.165, 1.54) is 0 Å². The summed E-state index contributed by atoms with van der Waals surface area (Å²) >= 11 is 5.95. The summed E-state index contributed by atoms with van der Waals surface area (Å²) in [6.07, 6.45) is -0.321. The van der Waals surface area contributed by atoms with Crippen molar-refractivity contribution in [1.29, 1.82) is 0 Å². The Labute approximate surface area is 125 Å². The van der Waals surface area contributed by atoms with Crippen molar-refractivity contribution in [2.24, 2.45) is 5.73 Å². The van der Waals surface area contributed by atoms with Crippen LogP contribution in [0.2, 0.25) is 5.02 Å². The number of hydrogen-bond donors (Lipinski definition) is 1. The molecule has 20 heavy (non-hydrogen) atoms. The van der Waals surface area contributed by atoms with Crippen LogP contribution in [0.3, 0.4) is 0 Å². The zero-order valence-corrected chi connectivity index (χ0v) is 13.3. The van der Waals surface area contributed by atoms with Crippen LogP contribution < -0.4 is 5.73 Å². The summed E-state index contributed by atoms with van der Waals surface area (Å²) in [5, 5.41) is 0.648. The number of benzene rings is 1. The monoisotopic (exact) mass is 298 g/mol. The molecule has 0 unspecified atom stereocenters. The van der Waals surface area contributed by atoms with Gasteiger partial charge in [0.05, 0.1) is 0 Å². The molecule has 0 bridgehead atoms. The standard InChI is InChI=1S/C15H23ClN2O2/c1-5-18(14(19)20-15(2,3)4)10-11-6-7-13(16)8-12(11)9-17/h6-8H,5,9-10,17H2,1-4H3. The normalized spacial score (nSPS) is 11.3. The van der Waals surface area contributed by atoms with E-state index in [1.807, 2.05) is 39.8 Å². The first-order valence-corrected chi connectivity index (χ1v) is 7.10. The number of hydrogen-bond acceptors (Lipinski definition) is 3. The van der Waals surface area contributed by atoms with Crippen LogP contribution in [-0.2, 0) is 17.8 Å². The second-order valence-corrected chi connectivity index (χ2v) is 6.05. The zero-order chi connectivity index (χ0) is 15.3. The van der Waals surface area contributed by atoms with Crippen molar-refractivity contribution < 1.29 is 9.53 Å².